The minimum Gasteiger partial charge on any atom is -0.466 e. The molecule has 138 valence electrons. The summed E-state index contributed by atoms with van der Waals surface area (Å²) in [6.45, 7) is 4.56. The fourth-order valence-corrected chi connectivity index (χ4v) is 5.73. The van der Waals surface area contributed by atoms with Crippen LogP contribution in [0, 0.1) is 11.8 Å². The maximum atomic E-state index is 12.7. The molecule has 0 aliphatic heterocycles. The third-order valence-corrected chi connectivity index (χ3v) is 7.76. The highest BCUT2D eigenvalue weighted by Gasteiger charge is 2.31. The van der Waals surface area contributed by atoms with Crippen molar-refractivity contribution in [2.75, 3.05) is 6.61 Å². The molecule has 0 bridgehead atoms. The third-order valence-electron chi connectivity index (χ3n) is 5.42. The lowest BCUT2D eigenvalue weighted by Crippen LogP contribution is -2.24. The summed E-state index contributed by atoms with van der Waals surface area (Å²) in [5, 5.41) is 0.782. The van der Waals surface area contributed by atoms with Gasteiger partial charge in [-0.2, -0.15) is 0 Å². The lowest BCUT2D eigenvalue weighted by Gasteiger charge is -2.25. The molecule has 4 heteroatoms. The summed E-state index contributed by atoms with van der Waals surface area (Å²) in [6, 6.07) is 6.47. The minimum atomic E-state index is -0.156. The fraction of sp³-hybridized carbons (Fsp3) is 0.667. The summed E-state index contributed by atoms with van der Waals surface area (Å²) in [6.07, 6.45) is 9.10. The number of hydrogen-bond acceptors (Lipinski definition) is 3. The zero-order chi connectivity index (χ0) is 17.8. The van der Waals surface area contributed by atoms with Crippen molar-refractivity contribution in [2.24, 2.45) is 11.8 Å². The van der Waals surface area contributed by atoms with Crippen LogP contribution in [-0.4, -0.2) is 17.8 Å². The predicted molar refractivity (Wildman–Crippen MR) is 108 cm³/mol. The van der Waals surface area contributed by atoms with E-state index in [4.69, 9.17) is 4.74 Å². The number of carbonyl (C=O) groups excluding carboxylic acids is 1. The van der Waals surface area contributed by atoms with E-state index < -0.39 is 0 Å². The van der Waals surface area contributed by atoms with Crippen LogP contribution >= 0.6 is 27.7 Å². The summed E-state index contributed by atoms with van der Waals surface area (Å²) in [5.41, 5.74) is 1.09. The Morgan fingerprint density at radius 1 is 1.28 bits per heavy atom. The Morgan fingerprint density at radius 3 is 2.60 bits per heavy atom. The van der Waals surface area contributed by atoms with Crippen LogP contribution in [0.3, 0.4) is 0 Å². The second kappa shape index (κ2) is 8.94. The van der Waals surface area contributed by atoms with Gasteiger partial charge in [-0.1, -0.05) is 38.7 Å². The molecule has 2 aliphatic carbocycles. The highest BCUT2D eigenvalue weighted by Crippen LogP contribution is 2.43. The lowest BCUT2D eigenvalue weighted by molar-refractivity contribution is -0.146. The van der Waals surface area contributed by atoms with Crippen LogP contribution in [0.4, 0.5) is 0 Å². The van der Waals surface area contributed by atoms with E-state index in [-0.39, 0.29) is 11.9 Å². The normalized spacial score (nSPS) is 20.4. The molecular formula is C21H29BrO2S. The van der Waals surface area contributed by atoms with Gasteiger partial charge in [0.1, 0.15) is 0 Å². The van der Waals surface area contributed by atoms with Crippen molar-refractivity contribution in [1.29, 1.82) is 0 Å². The van der Waals surface area contributed by atoms with Gasteiger partial charge in [-0.05, 0) is 71.6 Å². The largest absolute Gasteiger partial charge is 0.466 e. The molecule has 2 saturated carbocycles. The van der Waals surface area contributed by atoms with E-state index in [1.807, 2.05) is 18.7 Å². The smallest absolute Gasteiger partial charge is 0.313 e. The number of benzene rings is 1. The molecule has 2 fully saturated rings. The molecule has 0 radical (unpaired) electrons. The van der Waals surface area contributed by atoms with E-state index in [1.165, 1.54) is 43.4 Å². The Hall–Kier alpha value is -0.480. The van der Waals surface area contributed by atoms with Crippen LogP contribution in [0.15, 0.2) is 27.6 Å². The molecule has 2 atom stereocenters. The van der Waals surface area contributed by atoms with E-state index in [0.717, 1.165) is 27.6 Å². The standard InChI is InChI=1S/C21H29BrO2S/c1-3-24-21(23)20(14(2)12-15-6-4-5-7-15)16-8-11-19(18(22)13-16)25-17-9-10-17/h8,11,13-15,17,20H,3-7,9-10,12H2,1-2H3. The van der Waals surface area contributed by atoms with Crippen molar-refractivity contribution in [3.05, 3.63) is 28.2 Å². The number of hydrogen-bond donors (Lipinski definition) is 0. The molecule has 0 heterocycles. The van der Waals surface area contributed by atoms with Gasteiger partial charge in [0.05, 0.1) is 12.5 Å². The Bertz CT molecular complexity index is 594. The Kier molecular flexibility index (Phi) is 6.90. The molecule has 2 aliphatic rings. The zero-order valence-electron chi connectivity index (χ0n) is 15.3. The number of rotatable bonds is 8. The van der Waals surface area contributed by atoms with Crippen LogP contribution in [0.1, 0.15) is 70.3 Å². The van der Waals surface area contributed by atoms with Crippen LogP contribution < -0.4 is 0 Å². The molecule has 3 rings (SSSR count). The van der Waals surface area contributed by atoms with Gasteiger partial charge in [-0.3, -0.25) is 4.79 Å². The topological polar surface area (TPSA) is 26.3 Å². The molecule has 0 N–H and O–H groups in total. The van der Waals surface area contributed by atoms with E-state index in [0.29, 0.717) is 12.5 Å². The molecule has 1 aromatic rings. The van der Waals surface area contributed by atoms with Gasteiger partial charge >= 0.3 is 5.97 Å². The Labute approximate surface area is 164 Å². The number of esters is 1. The summed E-state index contributed by atoms with van der Waals surface area (Å²) >= 11 is 5.67. The van der Waals surface area contributed by atoms with Gasteiger partial charge in [0.25, 0.3) is 0 Å². The first-order valence-corrected chi connectivity index (χ1v) is 11.4. The van der Waals surface area contributed by atoms with Gasteiger partial charge < -0.3 is 4.74 Å². The van der Waals surface area contributed by atoms with Crippen LogP contribution in [0.2, 0.25) is 0 Å². The van der Waals surface area contributed by atoms with E-state index in [2.05, 4.69) is 41.1 Å². The number of thioether (sulfide) groups is 1. The summed E-state index contributed by atoms with van der Waals surface area (Å²) < 4.78 is 6.54. The monoisotopic (exact) mass is 424 g/mol. The highest BCUT2D eigenvalue weighted by molar-refractivity contribution is 9.10. The average Bonchev–Trinajstić information content (AvgIpc) is 3.24. The Morgan fingerprint density at radius 2 is 2.00 bits per heavy atom. The van der Waals surface area contributed by atoms with Gasteiger partial charge in [-0.25, -0.2) is 0 Å². The highest BCUT2D eigenvalue weighted by atomic mass is 79.9. The summed E-state index contributed by atoms with van der Waals surface area (Å²) in [5.74, 6) is 0.871. The molecule has 2 nitrogen and oxygen atoms in total. The first-order chi connectivity index (χ1) is 12.1. The van der Waals surface area contributed by atoms with Crippen molar-refractivity contribution < 1.29 is 9.53 Å². The average molecular weight is 425 g/mol. The first kappa shape index (κ1) is 19.3. The summed E-state index contributed by atoms with van der Waals surface area (Å²) in [4.78, 5) is 14.0. The minimum absolute atomic E-state index is 0.0671. The molecule has 0 saturated heterocycles. The molecule has 0 amide bonds. The van der Waals surface area contributed by atoms with Gasteiger partial charge in [0.2, 0.25) is 0 Å². The quantitative estimate of drug-likeness (QED) is 0.441. The summed E-state index contributed by atoms with van der Waals surface area (Å²) in [7, 11) is 0. The van der Waals surface area contributed by atoms with Gasteiger partial charge in [0.15, 0.2) is 0 Å². The molecule has 25 heavy (non-hydrogen) atoms. The third kappa shape index (κ3) is 5.26. The first-order valence-electron chi connectivity index (χ1n) is 9.71. The van der Waals surface area contributed by atoms with Crippen molar-refractivity contribution in [2.45, 2.75) is 74.9 Å². The molecule has 0 aromatic heterocycles. The second-order valence-corrected chi connectivity index (χ2v) is 9.80. The Balaban J connectivity index is 1.77. The SMILES string of the molecule is CCOC(=O)C(c1ccc(SC2CC2)c(Br)c1)C(C)CC1CCCC1. The second-order valence-electron chi connectivity index (χ2n) is 7.60. The van der Waals surface area contributed by atoms with E-state index in [1.54, 1.807) is 0 Å². The maximum Gasteiger partial charge on any atom is 0.313 e. The van der Waals surface area contributed by atoms with Crippen molar-refractivity contribution in [3.63, 3.8) is 0 Å². The predicted octanol–water partition coefficient (Wildman–Crippen LogP) is 6.57. The maximum absolute atomic E-state index is 12.7. The van der Waals surface area contributed by atoms with Gasteiger partial charge in [-0.15, -0.1) is 11.8 Å². The van der Waals surface area contributed by atoms with Crippen molar-refractivity contribution in [3.8, 4) is 0 Å². The zero-order valence-corrected chi connectivity index (χ0v) is 17.7. The molecule has 2 unspecified atom stereocenters. The number of ether oxygens (including phenoxy) is 1. The van der Waals surface area contributed by atoms with E-state index in [9.17, 15) is 4.79 Å². The van der Waals surface area contributed by atoms with E-state index >= 15 is 0 Å². The molecular weight excluding hydrogens is 396 g/mol. The van der Waals surface area contributed by atoms with Gasteiger partial charge in [0, 0.05) is 14.6 Å². The fourth-order valence-electron chi connectivity index (χ4n) is 4.01. The van der Waals surface area contributed by atoms with Crippen molar-refractivity contribution in [1.82, 2.24) is 0 Å². The van der Waals surface area contributed by atoms with Crippen molar-refractivity contribution >= 4 is 33.7 Å². The number of carbonyl (C=O) groups is 1. The van der Waals surface area contributed by atoms with Crippen LogP contribution in [-0.2, 0) is 9.53 Å². The van der Waals surface area contributed by atoms with Crippen LogP contribution in [0.5, 0.6) is 0 Å². The molecule has 1 aromatic carbocycles. The van der Waals surface area contributed by atoms with Crippen LogP contribution in [0.25, 0.3) is 0 Å². The molecule has 0 spiro atoms. The lowest BCUT2D eigenvalue weighted by atomic mass is 9.81. The number of halogens is 1.